The van der Waals surface area contributed by atoms with Crippen molar-refractivity contribution in [2.24, 2.45) is 0 Å². The fraction of sp³-hybridized carbons (Fsp3) is 0. The molecule has 0 N–H and O–H groups in total. The summed E-state index contributed by atoms with van der Waals surface area (Å²) in [5.41, 5.74) is 0. The Kier molecular flexibility index (Phi) is 3.16. The molecule has 6 heavy (non-hydrogen) atoms. The van der Waals surface area contributed by atoms with E-state index in [1.807, 2.05) is 0 Å². The topological polar surface area (TPSA) is 0 Å². The van der Waals surface area contributed by atoms with E-state index in [2.05, 4.69) is 24.3 Å². The van der Waals surface area contributed by atoms with Crippen molar-refractivity contribution in [1.82, 2.24) is 0 Å². The van der Waals surface area contributed by atoms with Crippen LogP contribution in [0, 0.1) is 24.3 Å². The van der Waals surface area contributed by atoms with Crippen molar-refractivity contribution < 1.29 is 19.5 Å². The molecule has 0 unspecified atom stereocenters. The molecule has 0 spiro atoms. The summed E-state index contributed by atoms with van der Waals surface area (Å²) in [5.74, 6) is 0. The fourth-order valence-electron chi connectivity index (χ4n) is 0.180. The average Bonchev–Trinajstić information content (AvgIpc) is 1.76. The van der Waals surface area contributed by atoms with Crippen molar-refractivity contribution in [2.45, 2.75) is 0 Å². The molecule has 1 aromatic carbocycles. The van der Waals surface area contributed by atoms with E-state index in [-0.39, 0.29) is 19.5 Å². The van der Waals surface area contributed by atoms with Crippen molar-refractivity contribution >= 4 is 0 Å². The maximum Gasteiger partial charge on any atom is 6.00 e. The van der Waals surface area contributed by atoms with Crippen LogP contribution in [-0.4, -0.2) is 0 Å². The normalized spacial score (nSPS) is 6.67. The Labute approximate surface area is 50.3 Å². The Hall–Kier alpha value is -0.0266. The second-order valence-electron chi connectivity index (χ2n) is 0.683. The summed E-state index contributed by atoms with van der Waals surface area (Å²) in [7, 11) is 0. The smallest absolute Gasteiger partial charge is 0.999 e. The van der Waals surface area contributed by atoms with Crippen molar-refractivity contribution in [3.63, 3.8) is 0 Å². The van der Waals surface area contributed by atoms with Gasteiger partial charge in [0.2, 0.25) is 0 Å². The third-order valence-electron chi connectivity index (χ3n) is 0.351. The predicted molar refractivity (Wildman–Crippen MR) is 17.4 cm³/mol. The van der Waals surface area contributed by atoms with Gasteiger partial charge in [-0.2, -0.15) is 0 Å². The van der Waals surface area contributed by atoms with Gasteiger partial charge in [0, 0.05) is 0 Å². The molecule has 0 aliphatic rings. The van der Waals surface area contributed by atoms with Crippen molar-refractivity contribution in [3.8, 4) is 0 Å². The molecule has 1 heteroatoms. The first-order valence-corrected chi connectivity index (χ1v) is 1.33. The Balaban J connectivity index is 0.000000250. The molecule has 0 aliphatic carbocycles. The summed E-state index contributed by atoms with van der Waals surface area (Å²) < 4.78 is 0. The molecule has 0 radical (unpaired) electrons. The van der Waals surface area contributed by atoms with Crippen LogP contribution in [0.15, 0.2) is 6.07 Å². The van der Waals surface area contributed by atoms with E-state index in [0.717, 1.165) is 0 Å². The van der Waals surface area contributed by atoms with Gasteiger partial charge in [-0.1, -0.05) is 0 Å². The van der Waals surface area contributed by atoms with Gasteiger partial charge in [-0.15, -0.1) is 0 Å². The summed E-state index contributed by atoms with van der Waals surface area (Å²) in [4.78, 5) is 0. The summed E-state index contributed by atoms with van der Waals surface area (Å²) >= 11 is 0. The van der Waals surface area contributed by atoms with Gasteiger partial charge in [0.25, 0.3) is 0 Å². The van der Waals surface area contributed by atoms with Gasteiger partial charge in [0.05, 0.1) is 0 Å². The molecule has 0 aliphatic heterocycles. The first-order valence-electron chi connectivity index (χ1n) is 1.33. The van der Waals surface area contributed by atoms with Crippen molar-refractivity contribution in [2.75, 3.05) is 0 Å². The van der Waals surface area contributed by atoms with Crippen LogP contribution < -0.4 is 0 Å². The molecular weight excluding hydrogens is 161 g/mol. The minimum absolute atomic E-state index is 0. The zero-order valence-corrected chi connectivity index (χ0v) is 4.67. The average molecular weight is 162 g/mol. The van der Waals surface area contributed by atoms with E-state index in [1.165, 1.54) is 0 Å². The van der Waals surface area contributed by atoms with Gasteiger partial charge in [-0.3, -0.25) is 0 Å². The maximum atomic E-state index is 2.62. The van der Waals surface area contributed by atoms with Gasteiger partial charge in [0.1, 0.15) is 0 Å². The third-order valence-corrected chi connectivity index (χ3v) is 0.351. The molecule has 0 fully saturated rings. The molecule has 0 bridgehead atoms. The Morgan fingerprint density at radius 1 is 1.00 bits per heavy atom. The Bertz CT molecular complexity index is 60.4. The molecule has 0 atom stereocenters. The molecule has 0 heterocycles. The first kappa shape index (κ1) is 5.97. The molecular formula is C5HRu+. The summed E-state index contributed by atoms with van der Waals surface area (Å²) in [6.45, 7) is 0. The molecule has 0 saturated carbocycles. The second kappa shape index (κ2) is 3.17. The van der Waals surface area contributed by atoms with Crippen LogP contribution in [0.3, 0.4) is 0 Å². The molecule has 1 rings (SSSR count). The Morgan fingerprint density at radius 3 is 1.67 bits per heavy atom. The molecule has 1 aromatic rings. The van der Waals surface area contributed by atoms with Crippen LogP contribution >= 0.6 is 0 Å². The van der Waals surface area contributed by atoms with Crippen LogP contribution in [0.25, 0.3) is 0 Å². The van der Waals surface area contributed by atoms with Gasteiger partial charge in [-0.25, -0.2) is 0 Å². The zero-order valence-electron chi connectivity index (χ0n) is 2.93. The van der Waals surface area contributed by atoms with Crippen LogP contribution in [0.1, 0.15) is 0 Å². The second-order valence-corrected chi connectivity index (χ2v) is 0.683. The predicted octanol–water partition coefficient (Wildman–Crippen LogP) is 0.604. The van der Waals surface area contributed by atoms with E-state index in [9.17, 15) is 0 Å². The van der Waals surface area contributed by atoms with Gasteiger partial charge >= 0.3 is 19.5 Å². The van der Waals surface area contributed by atoms with E-state index in [4.69, 9.17) is 0 Å². The summed E-state index contributed by atoms with van der Waals surface area (Å²) in [5, 5.41) is 0. The monoisotopic (exact) mass is 163 g/mol. The molecule has 0 nitrogen and oxygen atoms in total. The van der Waals surface area contributed by atoms with E-state index >= 15 is 0 Å². The summed E-state index contributed by atoms with van der Waals surface area (Å²) in [6, 6.07) is 12.0. The van der Waals surface area contributed by atoms with Crippen molar-refractivity contribution in [1.29, 1.82) is 0 Å². The number of hydrogen-bond acceptors (Lipinski definition) is 0. The minimum atomic E-state index is 0. The van der Waals surface area contributed by atoms with Crippen LogP contribution in [0.2, 0.25) is 0 Å². The van der Waals surface area contributed by atoms with Crippen molar-refractivity contribution in [3.05, 3.63) is 30.3 Å². The molecule has 0 saturated heterocycles. The molecule has 28 valence electrons. The Morgan fingerprint density at radius 2 is 1.50 bits per heavy atom. The van der Waals surface area contributed by atoms with E-state index < -0.39 is 0 Å². The van der Waals surface area contributed by atoms with Gasteiger partial charge in [0.15, 0.2) is 0 Å². The first-order chi connectivity index (χ1) is 2.50. The summed E-state index contributed by atoms with van der Waals surface area (Å²) in [6.07, 6.45) is 0. The van der Waals surface area contributed by atoms with E-state index in [0.29, 0.717) is 0 Å². The zero-order chi connectivity index (χ0) is 3.54. The van der Waals surface area contributed by atoms with Gasteiger partial charge < -0.3 is 30.3 Å². The third kappa shape index (κ3) is 1.42. The fourth-order valence-corrected chi connectivity index (χ4v) is 0.180. The SMILES string of the molecule is [Ru+6].[c-]1[c-][c-][cH-][c-]1. The van der Waals surface area contributed by atoms with Crippen LogP contribution in [0.5, 0.6) is 0 Å². The minimum Gasteiger partial charge on any atom is -0.999 e. The maximum absolute atomic E-state index is 2.62. The number of rotatable bonds is 0. The van der Waals surface area contributed by atoms with E-state index in [1.54, 1.807) is 6.07 Å². The standard InChI is InChI=1S/C5H.Ru/c1-2-4-5-3-1;/h1H;/q-5;+6. The molecule has 0 aromatic heterocycles. The molecule has 0 amide bonds. The van der Waals surface area contributed by atoms with Crippen LogP contribution in [0.4, 0.5) is 0 Å². The largest absolute Gasteiger partial charge is 6.00 e. The quantitative estimate of drug-likeness (QED) is 0.387. The van der Waals surface area contributed by atoms with Gasteiger partial charge in [-0.05, 0) is 0 Å². The number of hydrogen-bond donors (Lipinski definition) is 0. The van der Waals surface area contributed by atoms with Crippen LogP contribution in [-0.2, 0) is 19.5 Å².